The summed E-state index contributed by atoms with van der Waals surface area (Å²) >= 11 is 0. The zero-order valence-electron chi connectivity index (χ0n) is 11.9. The van der Waals surface area contributed by atoms with Gasteiger partial charge in [0, 0.05) is 39.1 Å². The highest BCUT2D eigenvalue weighted by Gasteiger charge is 2.22. The highest BCUT2D eigenvalue weighted by molar-refractivity contribution is 5.78. The highest BCUT2D eigenvalue weighted by Crippen LogP contribution is 2.11. The molecule has 1 N–H and O–H groups in total. The van der Waals surface area contributed by atoms with Crippen LogP contribution in [0.1, 0.15) is 26.7 Å². The van der Waals surface area contributed by atoms with Gasteiger partial charge < -0.3 is 10.2 Å². The Balaban J connectivity index is 2.28. The predicted molar refractivity (Wildman–Crippen MR) is 71.1 cm³/mol. The smallest absolute Gasteiger partial charge is 0.236 e. The Morgan fingerprint density at radius 2 is 1.83 bits per heavy atom. The van der Waals surface area contributed by atoms with Gasteiger partial charge in [0.15, 0.2) is 0 Å². The number of nitrogens with zero attached hydrogens (tertiary/aromatic N) is 2. The third-order valence-electron chi connectivity index (χ3n) is 3.32. The Labute approximate surface area is 110 Å². The summed E-state index contributed by atoms with van der Waals surface area (Å²) in [5.74, 6) is 0.302. The first-order chi connectivity index (χ1) is 8.40. The summed E-state index contributed by atoms with van der Waals surface area (Å²) in [7, 11) is 3.55. The molecule has 0 atom stereocenters. The molecule has 1 aliphatic rings. The molecule has 0 spiro atoms. The molecule has 0 radical (unpaired) electrons. The molecule has 0 saturated carbocycles. The van der Waals surface area contributed by atoms with Gasteiger partial charge in [0.05, 0.1) is 6.54 Å². The third-order valence-corrected chi connectivity index (χ3v) is 3.32. The van der Waals surface area contributed by atoms with E-state index >= 15 is 0 Å². The van der Waals surface area contributed by atoms with Crippen LogP contribution >= 0.6 is 0 Å². The van der Waals surface area contributed by atoms with Crippen LogP contribution in [0.15, 0.2) is 0 Å². The molecule has 0 aliphatic carbocycles. The molecule has 1 saturated heterocycles. The number of nitrogens with one attached hydrogen (secondary N) is 1. The van der Waals surface area contributed by atoms with Crippen LogP contribution in [-0.4, -0.2) is 61.4 Å². The van der Waals surface area contributed by atoms with E-state index in [1.54, 1.807) is 19.0 Å². The normalized spacial score (nSPS) is 17.8. The second kappa shape index (κ2) is 6.73. The standard InChI is InChI=1S/C13H25N3O2/c1-10(2)13(18)14-11-5-7-16(8-6-11)9-12(17)15(3)4/h10-11H,5-9H2,1-4H3,(H,14,18). The molecule has 0 bridgehead atoms. The fourth-order valence-corrected chi connectivity index (χ4v) is 1.94. The number of hydrogen-bond acceptors (Lipinski definition) is 3. The number of carbonyl (C=O) groups excluding carboxylic acids is 2. The van der Waals surface area contributed by atoms with Crippen LogP contribution in [0.3, 0.4) is 0 Å². The molecule has 1 heterocycles. The van der Waals surface area contributed by atoms with E-state index in [0.717, 1.165) is 25.9 Å². The summed E-state index contributed by atoms with van der Waals surface area (Å²) in [4.78, 5) is 26.9. The summed E-state index contributed by atoms with van der Waals surface area (Å²) in [6.07, 6.45) is 1.86. The van der Waals surface area contributed by atoms with Crippen molar-refractivity contribution in [1.82, 2.24) is 15.1 Å². The van der Waals surface area contributed by atoms with Gasteiger partial charge in [-0.05, 0) is 12.8 Å². The molecule has 0 aromatic heterocycles. The van der Waals surface area contributed by atoms with Crippen LogP contribution < -0.4 is 5.32 Å². The van der Waals surface area contributed by atoms with Gasteiger partial charge in [0.1, 0.15) is 0 Å². The van der Waals surface area contributed by atoms with Crippen molar-refractivity contribution in [3.63, 3.8) is 0 Å². The van der Waals surface area contributed by atoms with E-state index in [1.165, 1.54) is 0 Å². The summed E-state index contributed by atoms with van der Waals surface area (Å²) in [6, 6.07) is 0.269. The van der Waals surface area contributed by atoms with Crippen molar-refractivity contribution < 1.29 is 9.59 Å². The maximum atomic E-state index is 11.6. The van der Waals surface area contributed by atoms with Gasteiger partial charge in [0.25, 0.3) is 0 Å². The van der Waals surface area contributed by atoms with Gasteiger partial charge in [0.2, 0.25) is 11.8 Å². The number of likely N-dealkylation sites (tertiary alicyclic amines) is 1. The quantitative estimate of drug-likeness (QED) is 0.786. The van der Waals surface area contributed by atoms with Crippen LogP contribution in [0.5, 0.6) is 0 Å². The second-order valence-electron chi connectivity index (χ2n) is 5.50. The monoisotopic (exact) mass is 255 g/mol. The average Bonchev–Trinajstić information content (AvgIpc) is 2.31. The van der Waals surface area contributed by atoms with Crippen molar-refractivity contribution in [3.05, 3.63) is 0 Å². The summed E-state index contributed by atoms with van der Waals surface area (Å²) in [5, 5.41) is 3.05. The first kappa shape index (κ1) is 15.0. The van der Waals surface area contributed by atoms with E-state index in [1.807, 2.05) is 13.8 Å². The first-order valence-corrected chi connectivity index (χ1v) is 6.63. The second-order valence-corrected chi connectivity index (χ2v) is 5.50. The minimum Gasteiger partial charge on any atom is -0.353 e. The Bertz CT molecular complexity index is 265. The van der Waals surface area contributed by atoms with Crippen molar-refractivity contribution in [1.29, 1.82) is 0 Å². The molecule has 5 heteroatoms. The van der Waals surface area contributed by atoms with E-state index < -0.39 is 0 Å². The SMILES string of the molecule is CC(C)C(=O)NC1CCN(CC(=O)N(C)C)CC1. The zero-order valence-corrected chi connectivity index (χ0v) is 11.9. The van der Waals surface area contributed by atoms with Gasteiger partial charge >= 0.3 is 0 Å². The van der Waals surface area contributed by atoms with Gasteiger partial charge in [-0.1, -0.05) is 13.8 Å². The predicted octanol–water partition coefficient (Wildman–Crippen LogP) is 0.311. The fraction of sp³-hybridized carbons (Fsp3) is 0.846. The van der Waals surface area contributed by atoms with Gasteiger partial charge in [-0.2, -0.15) is 0 Å². The fourth-order valence-electron chi connectivity index (χ4n) is 1.94. The Morgan fingerprint density at radius 3 is 2.28 bits per heavy atom. The van der Waals surface area contributed by atoms with Gasteiger partial charge in [-0.3, -0.25) is 14.5 Å². The molecule has 1 aliphatic heterocycles. The molecule has 5 nitrogen and oxygen atoms in total. The van der Waals surface area contributed by atoms with Crippen LogP contribution in [-0.2, 0) is 9.59 Å². The van der Waals surface area contributed by atoms with E-state index in [4.69, 9.17) is 0 Å². The molecule has 18 heavy (non-hydrogen) atoms. The number of hydrogen-bond donors (Lipinski definition) is 1. The van der Waals surface area contributed by atoms with E-state index in [0.29, 0.717) is 6.54 Å². The number of piperidine rings is 1. The van der Waals surface area contributed by atoms with Crippen molar-refractivity contribution >= 4 is 11.8 Å². The number of likely N-dealkylation sites (N-methyl/N-ethyl adjacent to an activating group) is 1. The molecule has 2 amide bonds. The molecule has 0 aromatic rings. The lowest BCUT2D eigenvalue weighted by Gasteiger charge is -2.32. The summed E-state index contributed by atoms with van der Waals surface area (Å²) in [6.45, 7) is 6.05. The molecule has 1 rings (SSSR count). The first-order valence-electron chi connectivity index (χ1n) is 6.63. The molecule has 0 unspecified atom stereocenters. The maximum Gasteiger partial charge on any atom is 0.236 e. The van der Waals surface area contributed by atoms with Crippen LogP contribution in [0.4, 0.5) is 0 Å². The zero-order chi connectivity index (χ0) is 13.7. The molecule has 104 valence electrons. The molecular weight excluding hydrogens is 230 g/mol. The lowest BCUT2D eigenvalue weighted by Crippen LogP contribution is -2.47. The third kappa shape index (κ3) is 4.64. The van der Waals surface area contributed by atoms with Gasteiger partial charge in [-0.25, -0.2) is 0 Å². The largest absolute Gasteiger partial charge is 0.353 e. The van der Waals surface area contributed by atoms with Gasteiger partial charge in [-0.15, -0.1) is 0 Å². The van der Waals surface area contributed by atoms with Crippen molar-refractivity contribution in [2.75, 3.05) is 33.7 Å². The molecule has 0 aromatic carbocycles. The Kier molecular flexibility index (Phi) is 5.59. The van der Waals surface area contributed by atoms with E-state index in [-0.39, 0.29) is 23.8 Å². The number of carbonyl (C=O) groups is 2. The highest BCUT2D eigenvalue weighted by atomic mass is 16.2. The molecular formula is C13H25N3O2. The summed E-state index contributed by atoms with van der Waals surface area (Å²) < 4.78 is 0. The van der Waals surface area contributed by atoms with Crippen LogP contribution in [0, 0.1) is 5.92 Å². The minimum absolute atomic E-state index is 0.0401. The van der Waals surface area contributed by atoms with Crippen LogP contribution in [0.2, 0.25) is 0 Å². The lowest BCUT2D eigenvalue weighted by molar-refractivity contribution is -0.130. The topological polar surface area (TPSA) is 52.7 Å². The minimum atomic E-state index is 0.0401. The molecule has 1 fully saturated rings. The lowest BCUT2D eigenvalue weighted by atomic mass is 10.0. The summed E-state index contributed by atoms with van der Waals surface area (Å²) in [5.41, 5.74) is 0. The van der Waals surface area contributed by atoms with Crippen LogP contribution in [0.25, 0.3) is 0 Å². The van der Waals surface area contributed by atoms with Crippen molar-refractivity contribution in [2.24, 2.45) is 5.92 Å². The van der Waals surface area contributed by atoms with E-state index in [2.05, 4.69) is 10.2 Å². The Hall–Kier alpha value is -1.10. The number of amides is 2. The van der Waals surface area contributed by atoms with Crippen molar-refractivity contribution in [3.8, 4) is 0 Å². The average molecular weight is 255 g/mol. The van der Waals surface area contributed by atoms with Crippen molar-refractivity contribution in [2.45, 2.75) is 32.7 Å². The maximum absolute atomic E-state index is 11.6. The van der Waals surface area contributed by atoms with E-state index in [9.17, 15) is 9.59 Å². The number of rotatable bonds is 4. The Morgan fingerprint density at radius 1 is 1.28 bits per heavy atom.